The van der Waals surface area contributed by atoms with Crippen molar-refractivity contribution in [3.63, 3.8) is 0 Å². The van der Waals surface area contributed by atoms with E-state index >= 15 is 0 Å². The topological polar surface area (TPSA) is 294 Å². The third kappa shape index (κ3) is 11.0. The van der Waals surface area contributed by atoms with Crippen LogP contribution in [-0.4, -0.2) is 125 Å². The molecule has 0 aromatic heterocycles. The zero-order valence-corrected chi connectivity index (χ0v) is 47.6. The number of hydrogen-bond donors (Lipinski definition) is 6. The van der Waals surface area contributed by atoms with Gasteiger partial charge in [-0.3, -0.25) is 28.8 Å². The maximum absolute atomic E-state index is 13.9. The number of rotatable bonds is 12. The van der Waals surface area contributed by atoms with Crippen molar-refractivity contribution < 1.29 is 87.5 Å². The molecule has 12 atom stereocenters. The molecule has 2 aliphatic heterocycles. The first kappa shape index (κ1) is 60.5. The second-order valence-electron chi connectivity index (χ2n) is 21.9. The Hall–Kier alpha value is -6.58. The van der Waals surface area contributed by atoms with Gasteiger partial charge in [0.15, 0.2) is 29.9 Å². The molecule has 2 saturated heterocycles. The number of ether oxygens (including phenoxy) is 7. The van der Waals surface area contributed by atoms with Crippen LogP contribution in [0.3, 0.4) is 0 Å². The SMILES string of the molecule is CCC.CCC(=O)[C@@H]1Cc2c(O)c3c(c(O)c2[C@@H](O[C@H]2C[C@H](C)[C@@H](C)[C@H](C)O2)C1)C(=O)c1c(OC)cccc1C3=O.CCOc1c2c(c(O)c3c1C(=O)c1cccc(OC)c1C3=O)[C@@H](O[C@H]1C[C@H](N)[C@@H](O)[C@H](C)O1)C[C@H](C(=O)CO)C2. The first-order valence-corrected chi connectivity index (χ1v) is 28.0. The van der Waals surface area contributed by atoms with Crippen LogP contribution in [-0.2, 0) is 41.4 Å². The van der Waals surface area contributed by atoms with Crippen LogP contribution < -0.4 is 19.9 Å². The third-order valence-corrected chi connectivity index (χ3v) is 16.7. The number of aliphatic hydroxyl groups excluding tert-OH is 2. The molecule has 436 valence electrons. The van der Waals surface area contributed by atoms with Crippen LogP contribution in [0.25, 0.3) is 0 Å². The van der Waals surface area contributed by atoms with Crippen molar-refractivity contribution in [1.82, 2.24) is 0 Å². The molecule has 0 radical (unpaired) electrons. The molecule has 81 heavy (non-hydrogen) atoms. The van der Waals surface area contributed by atoms with Gasteiger partial charge in [-0.25, -0.2) is 0 Å². The number of methoxy groups -OCH3 is 2. The van der Waals surface area contributed by atoms with Gasteiger partial charge in [0.2, 0.25) is 11.6 Å². The van der Waals surface area contributed by atoms with E-state index in [4.69, 9.17) is 38.9 Å². The Balaban J connectivity index is 0.000000203. The van der Waals surface area contributed by atoms with Gasteiger partial charge < -0.3 is 64.4 Å². The summed E-state index contributed by atoms with van der Waals surface area (Å²) in [6.45, 7) is 15.1. The highest BCUT2D eigenvalue weighted by Gasteiger charge is 2.48. The average molecular weight is 1120 g/mol. The summed E-state index contributed by atoms with van der Waals surface area (Å²) in [4.78, 5) is 80.5. The number of phenols is 3. The first-order valence-electron chi connectivity index (χ1n) is 28.0. The summed E-state index contributed by atoms with van der Waals surface area (Å²) in [6, 6.07) is 8.69. The zero-order chi connectivity index (χ0) is 59.0. The van der Waals surface area contributed by atoms with Crippen LogP contribution >= 0.6 is 0 Å². The summed E-state index contributed by atoms with van der Waals surface area (Å²) in [5, 5.41) is 54.6. The Kier molecular flexibility index (Phi) is 18.6. The lowest BCUT2D eigenvalue weighted by atomic mass is 9.73. The number of nitrogens with two attached hydrogens (primary N) is 1. The maximum Gasteiger partial charge on any atom is 0.202 e. The molecule has 6 aliphatic rings. The average Bonchev–Trinajstić information content (AvgIpc) is 1.94. The van der Waals surface area contributed by atoms with Crippen LogP contribution in [0.2, 0.25) is 0 Å². The lowest BCUT2D eigenvalue weighted by Gasteiger charge is -2.41. The van der Waals surface area contributed by atoms with Crippen molar-refractivity contribution in [2.45, 2.75) is 156 Å². The maximum atomic E-state index is 13.9. The standard InChI is InChI=1S/C30H34O8.C29H33NO10.C3H8/c1-6-19(31)16-11-18-24(21(12-16)38-22-10-13(2)14(3)15(4)37-22)30(35)26-25(28(18)33)27(32)17-8-7-9-20(36-5)23(17)29(26)34;1-4-38-29-15-8-13(17(32)11-31)9-19(40-20-10-16(30)25(33)12(2)39-20)22(15)28(36)23-24(29)26(34)14-6-5-7-18(37-3)21(14)27(23)35;1-3-2/h7-9,13-16,21-22,33,35H,6,10-12H2,1-5H3;5-7,12-13,16,19-20,25,31,33,36H,4,8-11,30H2,1-3H3;3H2,1-2H3/t13-,14+,15-,16+,21-,22-;12-,13+,16-,19-,20-,25-;/m00./s1. The number of phenolic OH excluding ortho intramolecular Hbond substituents is 3. The van der Waals surface area contributed by atoms with Crippen LogP contribution in [0.1, 0.15) is 192 Å². The van der Waals surface area contributed by atoms with E-state index in [1.165, 1.54) is 32.8 Å². The van der Waals surface area contributed by atoms with Crippen LogP contribution in [0, 0.1) is 23.7 Å². The fourth-order valence-corrected chi connectivity index (χ4v) is 12.2. The van der Waals surface area contributed by atoms with Gasteiger partial charge in [-0.05, 0) is 70.4 Å². The van der Waals surface area contributed by atoms with Crippen molar-refractivity contribution in [3.8, 4) is 34.5 Å². The summed E-state index contributed by atoms with van der Waals surface area (Å²) in [6.07, 6.45) is -1.99. The van der Waals surface area contributed by atoms with Gasteiger partial charge in [-0.15, -0.1) is 0 Å². The number of hydrogen-bond acceptors (Lipinski definition) is 19. The highest BCUT2D eigenvalue weighted by atomic mass is 16.7. The Bertz CT molecular complexity index is 3110. The predicted molar refractivity (Wildman–Crippen MR) is 294 cm³/mol. The van der Waals surface area contributed by atoms with E-state index < -0.39 is 102 Å². The molecule has 19 nitrogen and oxygen atoms in total. The van der Waals surface area contributed by atoms with Gasteiger partial charge in [0.05, 0.1) is 84.7 Å². The Morgan fingerprint density at radius 1 is 0.617 bits per heavy atom. The quantitative estimate of drug-likeness (QED) is 0.0635. The number of carbonyl (C=O) groups excluding carboxylic acids is 6. The molecular weight excluding hydrogens is 1050 g/mol. The number of ketones is 6. The smallest absolute Gasteiger partial charge is 0.202 e. The van der Waals surface area contributed by atoms with Crippen LogP contribution in [0.5, 0.6) is 34.5 Å². The minimum Gasteiger partial charge on any atom is -0.507 e. The van der Waals surface area contributed by atoms with Gasteiger partial charge in [-0.1, -0.05) is 65.3 Å². The van der Waals surface area contributed by atoms with Gasteiger partial charge >= 0.3 is 0 Å². The minimum atomic E-state index is -0.977. The van der Waals surface area contributed by atoms with E-state index in [1.54, 1.807) is 45.0 Å². The van der Waals surface area contributed by atoms with E-state index in [9.17, 15) is 54.3 Å². The molecule has 2 heterocycles. The van der Waals surface area contributed by atoms with Crippen LogP contribution in [0.4, 0.5) is 0 Å². The van der Waals surface area contributed by atoms with Crippen molar-refractivity contribution in [3.05, 3.63) is 103 Å². The molecule has 0 unspecified atom stereocenters. The third-order valence-electron chi connectivity index (χ3n) is 16.7. The second kappa shape index (κ2) is 24.9. The van der Waals surface area contributed by atoms with Crippen molar-refractivity contribution in [2.24, 2.45) is 29.4 Å². The molecule has 19 heteroatoms. The molecule has 0 saturated carbocycles. The van der Waals surface area contributed by atoms with E-state index in [0.717, 1.165) is 0 Å². The Morgan fingerprint density at radius 3 is 1.58 bits per heavy atom. The van der Waals surface area contributed by atoms with Crippen molar-refractivity contribution in [1.29, 1.82) is 0 Å². The number of aromatic hydroxyl groups is 3. The van der Waals surface area contributed by atoms with E-state index in [0.29, 0.717) is 30.2 Å². The molecule has 4 aliphatic carbocycles. The summed E-state index contributed by atoms with van der Waals surface area (Å²) in [5.41, 5.74) is 6.59. The highest BCUT2D eigenvalue weighted by Crippen LogP contribution is 2.54. The molecule has 2 fully saturated rings. The molecular formula is C62H75NO18. The van der Waals surface area contributed by atoms with E-state index in [1.807, 2.05) is 6.92 Å². The first-order chi connectivity index (χ1) is 38.6. The Morgan fingerprint density at radius 2 is 1.09 bits per heavy atom. The number of carbonyl (C=O) groups is 6. The van der Waals surface area contributed by atoms with Crippen molar-refractivity contribution in [2.75, 3.05) is 27.4 Å². The van der Waals surface area contributed by atoms with Gasteiger partial charge in [-0.2, -0.15) is 0 Å². The normalized spacial score (nSPS) is 27.1. The fourth-order valence-electron chi connectivity index (χ4n) is 12.2. The van der Waals surface area contributed by atoms with E-state index in [2.05, 4.69) is 27.7 Å². The molecule has 0 spiro atoms. The number of fused-ring (bicyclic) bond motifs is 6. The molecule has 0 bridgehead atoms. The summed E-state index contributed by atoms with van der Waals surface area (Å²) < 4.78 is 41.3. The minimum absolute atomic E-state index is 0.00161. The monoisotopic (exact) mass is 1120 g/mol. The predicted octanol–water partition coefficient (Wildman–Crippen LogP) is 7.88. The zero-order valence-electron chi connectivity index (χ0n) is 47.6. The summed E-state index contributed by atoms with van der Waals surface area (Å²) >= 11 is 0. The summed E-state index contributed by atoms with van der Waals surface area (Å²) in [7, 11) is 2.78. The molecule has 10 rings (SSSR count). The lowest BCUT2D eigenvalue weighted by molar-refractivity contribution is -0.243. The fraction of sp³-hybridized carbons (Fsp3) is 0.516. The molecule has 0 amide bonds. The number of benzene rings is 4. The molecule has 7 N–H and O–H groups in total. The van der Waals surface area contributed by atoms with Crippen LogP contribution in [0.15, 0.2) is 36.4 Å². The van der Waals surface area contributed by atoms with Gasteiger partial charge in [0.1, 0.15) is 46.9 Å². The van der Waals surface area contributed by atoms with Crippen molar-refractivity contribution >= 4 is 34.7 Å². The van der Waals surface area contributed by atoms with Gasteiger partial charge in [0.25, 0.3) is 0 Å². The Labute approximate surface area is 471 Å². The lowest BCUT2D eigenvalue weighted by Crippen LogP contribution is -2.52. The number of aliphatic hydroxyl groups is 2. The van der Waals surface area contributed by atoms with E-state index in [-0.39, 0.29) is 135 Å². The summed E-state index contributed by atoms with van der Waals surface area (Å²) in [5.74, 6) is -4.06. The molecule has 4 aromatic rings. The largest absolute Gasteiger partial charge is 0.507 e. The second-order valence-corrected chi connectivity index (χ2v) is 21.9. The van der Waals surface area contributed by atoms with Gasteiger partial charge in [0, 0.05) is 70.5 Å². The highest BCUT2D eigenvalue weighted by molar-refractivity contribution is 6.32. The molecule has 4 aromatic carbocycles. The number of Topliss-reactive ketones (excluding diaryl/α,β-unsaturated/α-hetero) is 2.